The maximum absolute atomic E-state index is 6.05. The number of piperazine rings is 1. The number of halogens is 1. The molecule has 18 heavy (non-hydrogen) atoms. The molecule has 0 aliphatic carbocycles. The maximum Gasteiger partial charge on any atom is 0.0426 e. The van der Waals surface area contributed by atoms with Crippen LogP contribution < -0.4 is 10.2 Å². The third-order valence-electron chi connectivity index (χ3n) is 4.04. The molecule has 0 aromatic heterocycles. The lowest BCUT2D eigenvalue weighted by Gasteiger charge is -2.39. The van der Waals surface area contributed by atoms with Gasteiger partial charge in [0.2, 0.25) is 0 Å². The molecule has 2 aliphatic rings. The Balaban J connectivity index is 1.59. The topological polar surface area (TPSA) is 18.5 Å². The van der Waals surface area contributed by atoms with E-state index in [-0.39, 0.29) is 0 Å². The Kier molecular flexibility index (Phi) is 3.73. The molecular formula is C14H20ClN3. The molecule has 2 heterocycles. The predicted molar refractivity (Wildman–Crippen MR) is 76.5 cm³/mol. The van der Waals surface area contributed by atoms with E-state index in [4.69, 9.17) is 11.6 Å². The van der Waals surface area contributed by atoms with Crippen LogP contribution in [0.1, 0.15) is 6.42 Å². The summed E-state index contributed by atoms with van der Waals surface area (Å²) in [5.74, 6) is 0. The molecule has 1 aromatic carbocycles. The van der Waals surface area contributed by atoms with E-state index in [1.807, 2.05) is 12.1 Å². The molecule has 1 unspecified atom stereocenters. The number of nitrogens with one attached hydrogen (secondary N) is 1. The van der Waals surface area contributed by atoms with E-state index in [1.165, 1.54) is 31.7 Å². The summed E-state index contributed by atoms with van der Waals surface area (Å²) in [6, 6.07) is 8.94. The minimum absolute atomic E-state index is 0.756. The summed E-state index contributed by atoms with van der Waals surface area (Å²) < 4.78 is 0. The maximum atomic E-state index is 6.05. The smallest absolute Gasteiger partial charge is 0.0426 e. The average Bonchev–Trinajstić information content (AvgIpc) is 2.93. The number of benzene rings is 1. The van der Waals surface area contributed by atoms with Crippen molar-refractivity contribution in [1.29, 1.82) is 0 Å². The fourth-order valence-electron chi connectivity index (χ4n) is 2.97. The molecule has 0 spiro atoms. The van der Waals surface area contributed by atoms with Gasteiger partial charge in [-0.2, -0.15) is 0 Å². The van der Waals surface area contributed by atoms with Crippen LogP contribution in [0.15, 0.2) is 24.3 Å². The Hall–Kier alpha value is -0.770. The first-order valence-corrected chi connectivity index (χ1v) is 7.16. The number of hydrogen-bond donors (Lipinski definition) is 1. The number of nitrogens with zero attached hydrogens (tertiary/aromatic N) is 2. The first-order chi connectivity index (χ1) is 8.83. The van der Waals surface area contributed by atoms with Gasteiger partial charge in [0.1, 0.15) is 0 Å². The highest BCUT2D eigenvalue weighted by molar-refractivity contribution is 6.30. The van der Waals surface area contributed by atoms with Crippen LogP contribution in [0.25, 0.3) is 0 Å². The molecular weight excluding hydrogens is 246 g/mol. The van der Waals surface area contributed by atoms with Crippen LogP contribution in [-0.2, 0) is 0 Å². The lowest BCUT2D eigenvalue weighted by molar-refractivity contribution is 0.196. The van der Waals surface area contributed by atoms with Crippen molar-refractivity contribution in [1.82, 2.24) is 10.2 Å². The highest BCUT2D eigenvalue weighted by Crippen LogP contribution is 2.21. The van der Waals surface area contributed by atoms with Gasteiger partial charge in [-0.05, 0) is 31.2 Å². The lowest BCUT2D eigenvalue weighted by atomic mass is 10.1. The third-order valence-corrected chi connectivity index (χ3v) is 4.27. The molecule has 0 saturated carbocycles. The minimum atomic E-state index is 0.756. The van der Waals surface area contributed by atoms with Gasteiger partial charge in [0.05, 0.1) is 0 Å². The summed E-state index contributed by atoms with van der Waals surface area (Å²) in [7, 11) is 0. The molecule has 2 saturated heterocycles. The Morgan fingerprint density at radius 3 is 2.67 bits per heavy atom. The van der Waals surface area contributed by atoms with Gasteiger partial charge in [-0.1, -0.05) is 17.7 Å². The van der Waals surface area contributed by atoms with Gasteiger partial charge in [-0.3, -0.25) is 4.90 Å². The molecule has 3 rings (SSSR count). The van der Waals surface area contributed by atoms with E-state index in [2.05, 4.69) is 27.2 Å². The van der Waals surface area contributed by atoms with Crippen LogP contribution in [0.5, 0.6) is 0 Å². The number of hydrogen-bond acceptors (Lipinski definition) is 3. The highest BCUT2D eigenvalue weighted by Gasteiger charge is 2.25. The van der Waals surface area contributed by atoms with Crippen LogP contribution in [0, 0.1) is 0 Å². The molecule has 98 valence electrons. The fraction of sp³-hybridized carbons (Fsp3) is 0.571. The molecule has 1 aromatic rings. The van der Waals surface area contributed by atoms with Crippen molar-refractivity contribution < 1.29 is 0 Å². The van der Waals surface area contributed by atoms with Gasteiger partial charge in [-0.15, -0.1) is 0 Å². The van der Waals surface area contributed by atoms with Gasteiger partial charge in [0, 0.05) is 49.5 Å². The lowest BCUT2D eigenvalue weighted by Crippen LogP contribution is -2.51. The first-order valence-electron chi connectivity index (χ1n) is 6.78. The summed E-state index contributed by atoms with van der Waals surface area (Å²) in [6.45, 7) is 6.89. The second kappa shape index (κ2) is 5.47. The van der Waals surface area contributed by atoms with Crippen LogP contribution in [0.2, 0.25) is 5.02 Å². The largest absolute Gasteiger partial charge is 0.369 e. The molecule has 3 nitrogen and oxygen atoms in total. The molecule has 1 N–H and O–H groups in total. The third kappa shape index (κ3) is 2.63. The molecule has 0 amide bonds. The van der Waals surface area contributed by atoms with Gasteiger partial charge >= 0.3 is 0 Å². The van der Waals surface area contributed by atoms with Crippen molar-refractivity contribution in [3.63, 3.8) is 0 Å². The Morgan fingerprint density at radius 2 is 2.00 bits per heavy atom. The van der Waals surface area contributed by atoms with Crippen molar-refractivity contribution in [2.75, 3.05) is 44.2 Å². The fourth-order valence-corrected chi connectivity index (χ4v) is 3.15. The second-order valence-electron chi connectivity index (χ2n) is 5.15. The van der Waals surface area contributed by atoms with Gasteiger partial charge < -0.3 is 10.2 Å². The minimum Gasteiger partial charge on any atom is -0.369 e. The SMILES string of the molecule is Clc1cccc(N2CCN(C3CCNC3)CC2)c1. The van der Waals surface area contributed by atoms with Crippen LogP contribution in [0.3, 0.4) is 0 Å². The van der Waals surface area contributed by atoms with Crippen molar-refractivity contribution >= 4 is 17.3 Å². The normalized spacial score (nSPS) is 25.6. The highest BCUT2D eigenvalue weighted by atomic mass is 35.5. The van der Waals surface area contributed by atoms with Crippen molar-refractivity contribution in [2.45, 2.75) is 12.5 Å². The zero-order chi connectivity index (χ0) is 12.4. The van der Waals surface area contributed by atoms with E-state index >= 15 is 0 Å². The molecule has 4 heteroatoms. The molecule has 2 aliphatic heterocycles. The number of anilines is 1. The Labute approximate surface area is 114 Å². The molecule has 2 fully saturated rings. The Bertz CT molecular complexity index is 396. The van der Waals surface area contributed by atoms with Gasteiger partial charge in [0.25, 0.3) is 0 Å². The van der Waals surface area contributed by atoms with Crippen LogP contribution >= 0.6 is 11.6 Å². The summed E-state index contributed by atoms with van der Waals surface area (Å²) in [5.41, 5.74) is 1.26. The summed E-state index contributed by atoms with van der Waals surface area (Å²) in [6.07, 6.45) is 1.30. The predicted octanol–water partition coefficient (Wildman–Crippen LogP) is 1.82. The van der Waals surface area contributed by atoms with E-state index in [0.29, 0.717) is 0 Å². The van der Waals surface area contributed by atoms with E-state index in [9.17, 15) is 0 Å². The van der Waals surface area contributed by atoms with Crippen molar-refractivity contribution in [2.24, 2.45) is 0 Å². The zero-order valence-corrected chi connectivity index (χ0v) is 11.4. The zero-order valence-electron chi connectivity index (χ0n) is 10.6. The monoisotopic (exact) mass is 265 g/mol. The van der Waals surface area contributed by atoms with Crippen LogP contribution in [0.4, 0.5) is 5.69 Å². The summed E-state index contributed by atoms with van der Waals surface area (Å²) in [4.78, 5) is 5.06. The first kappa shape index (κ1) is 12.3. The second-order valence-corrected chi connectivity index (χ2v) is 5.59. The molecule has 1 atom stereocenters. The average molecular weight is 266 g/mol. The standard InChI is InChI=1S/C14H20ClN3/c15-12-2-1-3-13(10-12)17-6-8-18(9-7-17)14-4-5-16-11-14/h1-3,10,14,16H,4-9,11H2. The quantitative estimate of drug-likeness (QED) is 0.880. The molecule has 0 bridgehead atoms. The van der Waals surface area contributed by atoms with Crippen LogP contribution in [-0.4, -0.2) is 50.2 Å². The van der Waals surface area contributed by atoms with Gasteiger partial charge in [-0.25, -0.2) is 0 Å². The summed E-state index contributed by atoms with van der Waals surface area (Å²) in [5, 5.41) is 4.28. The van der Waals surface area contributed by atoms with E-state index in [1.54, 1.807) is 0 Å². The van der Waals surface area contributed by atoms with E-state index < -0.39 is 0 Å². The molecule has 0 radical (unpaired) electrons. The van der Waals surface area contributed by atoms with Gasteiger partial charge in [0.15, 0.2) is 0 Å². The van der Waals surface area contributed by atoms with Crippen molar-refractivity contribution in [3.05, 3.63) is 29.3 Å². The number of rotatable bonds is 2. The Morgan fingerprint density at radius 1 is 1.17 bits per heavy atom. The summed E-state index contributed by atoms with van der Waals surface area (Å²) >= 11 is 6.05. The van der Waals surface area contributed by atoms with Crippen molar-refractivity contribution in [3.8, 4) is 0 Å². The van der Waals surface area contributed by atoms with E-state index in [0.717, 1.165) is 30.7 Å².